The van der Waals surface area contributed by atoms with Crippen LogP contribution < -0.4 is 10.5 Å². The molecule has 1 heterocycles. The number of hydrogen-bond donors (Lipinski definition) is 1. The first-order valence-electron chi connectivity index (χ1n) is 4.66. The van der Waals surface area contributed by atoms with E-state index in [1.165, 1.54) is 0 Å². The van der Waals surface area contributed by atoms with E-state index in [1.807, 2.05) is 6.07 Å². The lowest BCUT2D eigenvalue weighted by atomic mass is 10.2. The highest BCUT2D eigenvalue weighted by Crippen LogP contribution is 2.32. The molecule has 0 spiro atoms. The number of ether oxygens (including phenoxy) is 1. The summed E-state index contributed by atoms with van der Waals surface area (Å²) in [5.41, 5.74) is 6.27. The summed E-state index contributed by atoms with van der Waals surface area (Å²) < 4.78 is 11.1. The minimum atomic E-state index is 0.0113. The molecule has 2 rings (SSSR count). The predicted molar refractivity (Wildman–Crippen MR) is 65.3 cm³/mol. The van der Waals surface area contributed by atoms with Gasteiger partial charge in [0.1, 0.15) is 11.8 Å². The lowest BCUT2D eigenvalue weighted by Crippen LogP contribution is -1.86. The molecule has 0 atom stereocenters. The number of nitrogens with two attached hydrogens (primary N) is 1. The average Bonchev–Trinajstić information content (AvgIpc) is 2.71. The average molecular weight is 294 g/mol. The molecule has 1 aromatic carbocycles. The van der Waals surface area contributed by atoms with E-state index < -0.39 is 0 Å². The van der Waals surface area contributed by atoms with Gasteiger partial charge in [0.15, 0.2) is 0 Å². The fourth-order valence-corrected chi connectivity index (χ4v) is 1.74. The van der Waals surface area contributed by atoms with Crippen molar-refractivity contribution >= 4 is 21.8 Å². The van der Waals surface area contributed by atoms with E-state index in [4.69, 9.17) is 20.1 Å². The number of benzene rings is 1. The van der Waals surface area contributed by atoms with E-state index in [-0.39, 0.29) is 17.5 Å². The molecule has 0 saturated heterocycles. The zero-order valence-corrected chi connectivity index (χ0v) is 10.5. The van der Waals surface area contributed by atoms with Crippen molar-refractivity contribution in [3.05, 3.63) is 28.4 Å². The molecule has 0 aliphatic carbocycles. The minimum absolute atomic E-state index is 0.0113. The van der Waals surface area contributed by atoms with Gasteiger partial charge in [0, 0.05) is 4.47 Å². The Kier molecular flexibility index (Phi) is 3.02. The van der Waals surface area contributed by atoms with Gasteiger partial charge in [0.25, 0.3) is 0 Å². The molecule has 2 aromatic rings. The lowest BCUT2D eigenvalue weighted by Gasteiger charge is -2.03. The van der Waals surface area contributed by atoms with Gasteiger partial charge in [-0.25, -0.2) is 0 Å². The molecule has 86 valence electrons. The normalized spacial score (nSPS) is 9.94. The number of rotatable bonds is 2. The first kappa shape index (κ1) is 11.5. The van der Waals surface area contributed by atoms with Gasteiger partial charge in [0.05, 0.1) is 12.7 Å². The molecule has 0 aliphatic rings. The molecule has 0 bridgehead atoms. The fourth-order valence-electron chi connectivity index (χ4n) is 1.32. The molecule has 0 radical (unpaired) electrons. The summed E-state index contributed by atoms with van der Waals surface area (Å²) in [6.07, 6.45) is 0. The Morgan fingerprint density at radius 1 is 1.53 bits per heavy atom. The van der Waals surface area contributed by atoms with E-state index in [0.717, 1.165) is 4.47 Å². The van der Waals surface area contributed by atoms with Crippen molar-refractivity contribution in [1.29, 1.82) is 5.26 Å². The smallest absolute Gasteiger partial charge is 0.231 e. The molecular formula is C11H8BrN3O2. The number of hydrogen-bond acceptors (Lipinski definition) is 5. The van der Waals surface area contributed by atoms with Crippen LogP contribution in [0.5, 0.6) is 5.75 Å². The Hall–Kier alpha value is -2.00. The van der Waals surface area contributed by atoms with E-state index in [9.17, 15) is 0 Å². The molecule has 0 aliphatic heterocycles. The zero-order valence-electron chi connectivity index (χ0n) is 8.90. The van der Waals surface area contributed by atoms with Crippen molar-refractivity contribution in [1.82, 2.24) is 4.98 Å². The Morgan fingerprint density at radius 2 is 2.29 bits per heavy atom. The second-order valence-electron chi connectivity index (χ2n) is 3.19. The number of nitrogens with zero attached hydrogens (tertiary/aromatic N) is 2. The SMILES string of the molecule is COc1ccc(Br)c(-c2nc(C#N)c(N)o2)c1. The molecule has 1 aromatic heterocycles. The Labute approximate surface area is 106 Å². The zero-order chi connectivity index (χ0) is 12.4. The van der Waals surface area contributed by atoms with Gasteiger partial charge in [-0.15, -0.1) is 0 Å². The van der Waals surface area contributed by atoms with Crippen LogP contribution in [0.2, 0.25) is 0 Å². The molecule has 6 heteroatoms. The van der Waals surface area contributed by atoms with Crippen LogP contribution in [0.25, 0.3) is 11.5 Å². The van der Waals surface area contributed by atoms with Crippen molar-refractivity contribution in [2.24, 2.45) is 0 Å². The van der Waals surface area contributed by atoms with Gasteiger partial charge in [-0.05, 0) is 34.1 Å². The maximum absolute atomic E-state index is 8.76. The molecule has 0 amide bonds. The molecule has 0 unspecified atom stereocenters. The standard InChI is InChI=1S/C11H8BrN3O2/c1-16-6-2-3-8(12)7(4-6)11-15-9(5-13)10(14)17-11/h2-4H,14H2,1H3. The first-order chi connectivity index (χ1) is 8.15. The first-order valence-corrected chi connectivity index (χ1v) is 5.45. The maximum atomic E-state index is 8.76. The number of nitrogen functional groups attached to an aromatic ring is 1. The summed E-state index contributed by atoms with van der Waals surface area (Å²) in [6, 6.07) is 7.21. The molecule has 2 N–H and O–H groups in total. The topological polar surface area (TPSA) is 85.1 Å². The van der Waals surface area contributed by atoms with Crippen molar-refractivity contribution in [3.8, 4) is 23.3 Å². The second-order valence-corrected chi connectivity index (χ2v) is 4.04. The molecule has 5 nitrogen and oxygen atoms in total. The van der Waals surface area contributed by atoms with Gasteiger partial charge < -0.3 is 14.9 Å². The van der Waals surface area contributed by atoms with E-state index in [2.05, 4.69) is 20.9 Å². The van der Waals surface area contributed by atoms with E-state index >= 15 is 0 Å². The molecule has 0 fully saturated rings. The van der Waals surface area contributed by atoms with Crippen LogP contribution in [0, 0.1) is 11.3 Å². The third-order valence-corrected chi connectivity index (χ3v) is 2.85. The van der Waals surface area contributed by atoms with Gasteiger partial charge in [-0.3, -0.25) is 0 Å². The number of nitriles is 1. The summed E-state index contributed by atoms with van der Waals surface area (Å²) in [5, 5.41) is 8.76. The van der Waals surface area contributed by atoms with Crippen molar-refractivity contribution in [3.63, 3.8) is 0 Å². The van der Waals surface area contributed by atoms with Gasteiger partial charge >= 0.3 is 0 Å². The van der Waals surface area contributed by atoms with Gasteiger partial charge in [0.2, 0.25) is 17.5 Å². The van der Waals surface area contributed by atoms with Gasteiger partial charge in [-0.1, -0.05) is 0 Å². The van der Waals surface area contributed by atoms with Crippen LogP contribution in [-0.4, -0.2) is 12.1 Å². The van der Waals surface area contributed by atoms with Crippen LogP contribution in [0.15, 0.2) is 27.1 Å². The van der Waals surface area contributed by atoms with Crippen LogP contribution in [0.3, 0.4) is 0 Å². The fraction of sp³-hybridized carbons (Fsp3) is 0.0909. The predicted octanol–water partition coefficient (Wildman–Crippen LogP) is 2.57. The van der Waals surface area contributed by atoms with Gasteiger partial charge in [-0.2, -0.15) is 10.2 Å². The highest BCUT2D eigenvalue weighted by atomic mass is 79.9. The van der Waals surface area contributed by atoms with Crippen LogP contribution in [-0.2, 0) is 0 Å². The third kappa shape index (κ3) is 2.10. The number of methoxy groups -OCH3 is 1. The highest BCUT2D eigenvalue weighted by Gasteiger charge is 2.14. The van der Waals surface area contributed by atoms with Crippen molar-refractivity contribution in [2.75, 3.05) is 12.8 Å². The number of aromatic nitrogens is 1. The quantitative estimate of drug-likeness (QED) is 0.920. The third-order valence-electron chi connectivity index (χ3n) is 2.16. The second kappa shape index (κ2) is 4.47. The van der Waals surface area contributed by atoms with Crippen LogP contribution >= 0.6 is 15.9 Å². The summed E-state index contributed by atoms with van der Waals surface area (Å²) in [5.74, 6) is 0.959. The Bertz CT molecular complexity index is 601. The molecule has 0 saturated carbocycles. The number of halogens is 1. The summed E-state index contributed by atoms with van der Waals surface area (Å²) in [7, 11) is 1.57. The number of anilines is 1. The van der Waals surface area contributed by atoms with Crippen molar-refractivity contribution in [2.45, 2.75) is 0 Å². The minimum Gasteiger partial charge on any atom is -0.497 e. The highest BCUT2D eigenvalue weighted by molar-refractivity contribution is 9.10. The monoisotopic (exact) mass is 293 g/mol. The molecular weight excluding hydrogens is 286 g/mol. The van der Waals surface area contributed by atoms with Crippen molar-refractivity contribution < 1.29 is 9.15 Å². The number of oxazole rings is 1. The van der Waals surface area contributed by atoms with Crippen LogP contribution in [0.4, 0.5) is 5.88 Å². The Balaban J connectivity index is 2.55. The molecule has 17 heavy (non-hydrogen) atoms. The largest absolute Gasteiger partial charge is 0.497 e. The summed E-state index contributed by atoms with van der Waals surface area (Å²) in [6.45, 7) is 0. The summed E-state index contributed by atoms with van der Waals surface area (Å²) >= 11 is 3.37. The van der Waals surface area contributed by atoms with E-state index in [1.54, 1.807) is 25.3 Å². The van der Waals surface area contributed by atoms with Crippen LogP contribution in [0.1, 0.15) is 5.69 Å². The Morgan fingerprint density at radius 3 is 2.88 bits per heavy atom. The lowest BCUT2D eigenvalue weighted by molar-refractivity contribution is 0.414. The van der Waals surface area contributed by atoms with E-state index in [0.29, 0.717) is 11.3 Å². The maximum Gasteiger partial charge on any atom is 0.231 e. The summed E-state index contributed by atoms with van der Waals surface area (Å²) in [4.78, 5) is 4.00.